The topological polar surface area (TPSA) is 46.0 Å². The number of hydrogen-bond acceptors (Lipinski definition) is 4. The van der Waals surface area contributed by atoms with Gasteiger partial charge >= 0.3 is 0 Å². The molecule has 1 N–H and O–H groups in total. The van der Waals surface area contributed by atoms with Gasteiger partial charge in [0.05, 0.1) is 6.54 Å². The van der Waals surface area contributed by atoms with Crippen LogP contribution in [0.25, 0.3) is 0 Å². The molecule has 1 aliphatic heterocycles. The van der Waals surface area contributed by atoms with Crippen molar-refractivity contribution in [2.45, 2.75) is 46.3 Å². The monoisotopic (exact) mass is 251 g/mol. The van der Waals surface area contributed by atoms with Crippen molar-refractivity contribution in [3.63, 3.8) is 0 Å². The van der Waals surface area contributed by atoms with Crippen LogP contribution in [0.2, 0.25) is 0 Å². The number of rotatable bonds is 4. The minimum Gasteiger partial charge on any atom is -0.313 e. The van der Waals surface area contributed by atoms with Gasteiger partial charge in [-0.2, -0.15) is 5.10 Å². The summed E-state index contributed by atoms with van der Waals surface area (Å²) in [5.74, 6) is 1.70. The first-order valence-corrected chi connectivity index (χ1v) is 6.97. The molecule has 5 nitrogen and oxygen atoms in total. The SMILES string of the molecule is CC(C)Cn1ncnc1CN1CCCNC(C)C1. The van der Waals surface area contributed by atoms with E-state index in [4.69, 9.17) is 0 Å². The Labute approximate surface area is 110 Å². The molecule has 0 saturated carbocycles. The van der Waals surface area contributed by atoms with Crippen molar-refractivity contribution in [2.75, 3.05) is 19.6 Å². The molecule has 0 aromatic carbocycles. The van der Waals surface area contributed by atoms with Crippen molar-refractivity contribution in [2.24, 2.45) is 5.92 Å². The zero-order valence-electron chi connectivity index (χ0n) is 11.8. The second kappa shape index (κ2) is 6.29. The van der Waals surface area contributed by atoms with Crippen molar-refractivity contribution in [1.82, 2.24) is 25.0 Å². The van der Waals surface area contributed by atoms with E-state index in [1.54, 1.807) is 6.33 Å². The van der Waals surface area contributed by atoms with Gasteiger partial charge in [-0.3, -0.25) is 4.90 Å². The Morgan fingerprint density at radius 1 is 1.50 bits per heavy atom. The van der Waals surface area contributed by atoms with Crippen molar-refractivity contribution < 1.29 is 0 Å². The summed E-state index contributed by atoms with van der Waals surface area (Å²) in [5.41, 5.74) is 0. The van der Waals surface area contributed by atoms with Gasteiger partial charge in [0.25, 0.3) is 0 Å². The second-order valence-corrected chi connectivity index (χ2v) is 5.70. The van der Waals surface area contributed by atoms with Crippen LogP contribution in [-0.4, -0.2) is 45.3 Å². The van der Waals surface area contributed by atoms with Gasteiger partial charge in [-0.25, -0.2) is 9.67 Å². The van der Waals surface area contributed by atoms with Crippen LogP contribution in [-0.2, 0) is 13.1 Å². The molecule has 0 radical (unpaired) electrons. The van der Waals surface area contributed by atoms with E-state index >= 15 is 0 Å². The van der Waals surface area contributed by atoms with Gasteiger partial charge in [0, 0.05) is 19.1 Å². The molecular weight excluding hydrogens is 226 g/mol. The average molecular weight is 251 g/mol. The highest BCUT2D eigenvalue weighted by molar-refractivity contribution is 4.86. The van der Waals surface area contributed by atoms with E-state index in [9.17, 15) is 0 Å². The predicted molar refractivity (Wildman–Crippen MR) is 72.2 cm³/mol. The Balaban J connectivity index is 1.97. The zero-order valence-corrected chi connectivity index (χ0v) is 11.8. The van der Waals surface area contributed by atoms with Gasteiger partial charge in [-0.15, -0.1) is 0 Å². The van der Waals surface area contributed by atoms with Gasteiger partial charge < -0.3 is 5.32 Å². The van der Waals surface area contributed by atoms with Crippen LogP contribution in [0, 0.1) is 5.92 Å². The third-order valence-electron chi connectivity index (χ3n) is 3.27. The van der Waals surface area contributed by atoms with E-state index in [1.165, 1.54) is 6.42 Å². The maximum atomic E-state index is 4.41. The summed E-state index contributed by atoms with van der Waals surface area (Å²) >= 11 is 0. The molecule has 1 atom stereocenters. The van der Waals surface area contributed by atoms with Crippen LogP contribution in [0.4, 0.5) is 0 Å². The van der Waals surface area contributed by atoms with E-state index in [0.29, 0.717) is 12.0 Å². The molecule has 1 aromatic heterocycles. The first-order chi connectivity index (χ1) is 8.65. The van der Waals surface area contributed by atoms with Crippen LogP contribution in [0.15, 0.2) is 6.33 Å². The zero-order chi connectivity index (χ0) is 13.0. The third kappa shape index (κ3) is 3.78. The maximum absolute atomic E-state index is 4.41. The normalized spacial score (nSPS) is 22.3. The first kappa shape index (κ1) is 13.5. The van der Waals surface area contributed by atoms with Crippen LogP contribution < -0.4 is 5.32 Å². The molecule has 0 bridgehead atoms. The largest absolute Gasteiger partial charge is 0.313 e. The molecule has 18 heavy (non-hydrogen) atoms. The fourth-order valence-electron chi connectivity index (χ4n) is 2.45. The molecule has 1 unspecified atom stereocenters. The molecule has 1 saturated heterocycles. The quantitative estimate of drug-likeness (QED) is 0.871. The fraction of sp³-hybridized carbons (Fsp3) is 0.846. The number of aromatic nitrogens is 3. The van der Waals surface area contributed by atoms with Gasteiger partial charge in [-0.05, 0) is 32.4 Å². The van der Waals surface area contributed by atoms with E-state index < -0.39 is 0 Å². The molecule has 1 fully saturated rings. The van der Waals surface area contributed by atoms with Crippen LogP contribution >= 0.6 is 0 Å². The highest BCUT2D eigenvalue weighted by Gasteiger charge is 2.16. The summed E-state index contributed by atoms with van der Waals surface area (Å²) in [5, 5.41) is 7.84. The Kier molecular flexibility index (Phi) is 4.72. The Bertz CT molecular complexity index is 360. The Morgan fingerprint density at radius 3 is 3.11 bits per heavy atom. The molecule has 0 spiro atoms. The standard InChI is InChI=1S/C13H25N5/c1-11(2)7-18-13(15-10-16-18)9-17-6-4-5-14-12(3)8-17/h10-12,14H,4-9H2,1-3H3. The van der Waals surface area contributed by atoms with E-state index in [-0.39, 0.29) is 0 Å². The Morgan fingerprint density at radius 2 is 2.33 bits per heavy atom. The molecule has 2 rings (SSSR count). The van der Waals surface area contributed by atoms with Crippen molar-refractivity contribution in [3.05, 3.63) is 12.2 Å². The van der Waals surface area contributed by atoms with Gasteiger partial charge in [0.15, 0.2) is 0 Å². The molecule has 0 aliphatic carbocycles. The lowest BCUT2D eigenvalue weighted by atomic mass is 10.2. The number of nitrogens with zero attached hydrogens (tertiary/aromatic N) is 4. The molecule has 1 aromatic rings. The summed E-state index contributed by atoms with van der Waals surface area (Å²) in [6.45, 7) is 11.9. The van der Waals surface area contributed by atoms with Crippen molar-refractivity contribution >= 4 is 0 Å². The van der Waals surface area contributed by atoms with Crippen LogP contribution in [0.1, 0.15) is 33.0 Å². The van der Waals surface area contributed by atoms with E-state index in [1.807, 2.05) is 4.68 Å². The molecular formula is C13H25N5. The molecule has 102 valence electrons. The summed E-state index contributed by atoms with van der Waals surface area (Å²) in [6.07, 6.45) is 2.89. The lowest BCUT2D eigenvalue weighted by Gasteiger charge is -2.22. The number of nitrogens with one attached hydrogen (secondary N) is 1. The van der Waals surface area contributed by atoms with Crippen LogP contribution in [0.5, 0.6) is 0 Å². The van der Waals surface area contributed by atoms with E-state index in [2.05, 4.69) is 41.1 Å². The minimum absolute atomic E-state index is 0.564. The highest BCUT2D eigenvalue weighted by atomic mass is 15.3. The lowest BCUT2D eigenvalue weighted by Crippen LogP contribution is -2.35. The highest BCUT2D eigenvalue weighted by Crippen LogP contribution is 2.07. The number of hydrogen-bond donors (Lipinski definition) is 1. The fourth-order valence-corrected chi connectivity index (χ4v) is 2.45. The molecule has 5 heteroatoms. The molecule has 2 heterocycles. The maximum Gasteiger partial charge on any atom is 0.141 e. The van der Waals surface area contributed by atoms with Gasteiger partial charge in [0.2, 0.25) is 0 Å². The summed E-state index contributed by atoms with van der Waals surface area (Å²) in [6, 6.07) is 0.564. The molecule has 0 amide bonds. The van der Waals surface area contributed by atoms with Gasteiger partial charge in [0.1, 0.15) is 12.2 Å². The first-order valence-electron chi connectivity index (χ1n) is 6.97. The summed E-state index contributed by atoms with van der Waals surface area (Å²) < 4.78 is 2.05. The molecule has 1 aliphatic rings. The van der Waals surface area contributed by atoms with Crippen LogP contribution in [0.3, 0.4) is 0 Å². The summed E-state index contributed by atoms with van der Waals surface area (Å²) in [4.78, 5) is 6.89. The van der Waals surface area contributed by atoms with E-state index in [0.717, 1.165) is 38.5 Å². The Hall–Kier alpha value is -0.940. The summed E-state index contributed by atoms with van der Waals surface area (Å²) in [7, 11) is 0. The second-order valence-electron chi connectivity index (χ2n) is 5.70. The van der Waals surface area contributed by atoms with Gasteiger partial charge in [-0.1, -0.05) is 13.8 Å². The van der Waals surface area contributed by atoms with Crippen molar-refractivity contribution in [3.8, 4) is 0 Å². The minimum atomic E-state index is 0.564. The predicted octanol–water partition coefficient (Wildman–Crippen LogP) is 1.12. The van der Waals surface area contributed by atoms with Crippen molar-refractivity contribution in [1.29, 1.82) is 0 Å². The smallest absolute Gasteiger partial charge is 0.141 e. The third-order valence-corrected chi connectivity index (χ3v) is 3.27. The lowest BCUT2D eigenvalue weighted by molar-refractivity contribution is 0.251. The average Bonchev–Trinajstić information content (AvgIpc) is 2.59.